The average Bonchev–Trinajstić information content (AvgIpc) is 2.67. The van der Waals surface area contributed by atoms with Crippen LogP contribution in [0.2, 0.25) is 0 Å². The molecule has 138 valence electrons. The summed E-state index contributed by atoms with van der Waals surface area (Å²) in [6.45, 7) is 1.36. The molecular formula is C18H16N4O5. The highest BCUT2D eigenvalue weighted by Crippen LogP contribution is 2.23. The van der Waals surface area contributed by atoms with Gasteiger partial charge in [-0.15, -0.1) is 0 Å². The second-order valence-electron chi connectivity index (χ2n) is 5.43. The van der Waals surface area contributed by atoms with Crippen LogP contribution in [0.5, 0.6) is 0 Å². The van der Waals surface area contributed by atoms with E-state index in [1.807, 2.05) is 6.07 Å². The lowest BCUT2D eigenvalue weighted by molar-refractivity contribution is -0.384. The molecule has 0 saturated heterocycles. The molecule has 0 aliphatic carbocycles. The normalized spacial score (nSPS) is 11.0. The van der Waals surface area contributed by atoms with Crippen LogP contribution in [-0.4, -0.2) is 30.0 Å². The molecule has 0 heterocycles. The molecule has 27 heavy (non-hydrogen) atoms. The van der Waals surface area contributed by atoms with E-state index in [1.54, 1.807) is 25.2 Å². The molecule has 0 aromatic heterocycles. The number of hydrogen-bond acceptors (Lipinski definition) is 7. The van der Waals surface area contributed by atoms with E-state index in [-0.39, 0.29) is 16.8 Å². The van der Waals surface area contributed by atoms with Gasteiger partial charge in [0.05, 0.1) is 21.7 Å². The smallest absolute Gasteiger partial charge is 0.341 e. The second kappa shape index (κ2) is 8.44. The second-order valence-corrected chi connectivity index (χ2v) is 5.43. The highest BCUT2D eigenvalue weighted by Gasteiger charge is 2.23. The van der Waals surface area contributed by atoms with Crippen LogP contribution in [0.15, 0.2) is 42.5 Å². The predicted molar refractivity (Wildman–Crippen MR) is 97.3 cm³/mol. The van der Waals surface area contributed by atoms with Gasteiger partial charge in [0.2, 0.25) is 0 Å². The lowest BCUT2D eigenvalue weighted by Crippen LogP contribution is -2.30. The number of nitriles is 1. The largest absolute Gasteiger partial charge is 0.449 e. The fourth-order valence-corrected chi connectivity index (χ4v) is 2.23. The Morgan fingerprint density at radius 1 is 1.22 bits per heavy atom. The molecule has 1 amide bonds. The van der Waals surface area contributed by atoms with E-state index in [4.69, 9.17) is 10.00 Å². The number of benzene rings is 2. The number of nitrogens with zero attached hydrogens (tertiary/aromatic N) is 2. The quantitative estimate of drug-likeness (QED) is 0.455. The van der Waals surface area contributed by atoms with Gasteiger partial charge in [0, 0.05) is 24.9 Å². The number of nitro benzene ring substituents is 1. The zero-order chi connectivity index (χ0) is 20.0. The fraction of sp³-hybridized carbons (Fsp3) is 0.167. The van der Waals surface area contributed by atoms with Crippen LogP contribution in [-0.2, 0) is 9.53 Å². The van der Waals surface area contributed by atoms with Crippen molar-refractivity contribution >= 4 is 28.9 Å². The summed E-state index contributed by atoms with van der Waals surface area (Å²) in [5.74, 6) is -1.53. The van der Waals surface area contributed by atoms with Gasteiger partial charge in [0.15, 0.2) is 6.10 Å². The molecule has 0 unspecified atom stereocenters. The first-order chi connectivity index (χ1) is 12.9. The number of para-hydroxylation sites is 1. The van der Waals surface area contributed by atoms with Gasteiger partial charge in [-0.1, -0.05) is 12.1 Å². The van der Waals surface area contributed by atoms with Crippen molar-refractivity contribution in [1.29, 1.82) is 5.26 Å². The third kappa shape index (κ3) is 4.58. The summed E-state index contributed by atoms with van der Waals surface area (Å²) in [6, 6.07) is 12.0. The molecule has 9 heteroatoms. The van der Waals surface area contributed by atoms with Crippen LogP contribution in [0.4, 0.5) is 17.1 Å². The van der Waals surface area contributed by atoms with E-state index in [9.17, 15) is 19.7 Å². The van der Waals surface area contributed by atoms with Gasteiger partial charge in [0.1, 0.15) is 6.07 Å². The topological polar surface area (TPSA) is 134 Å². The van der Waals surface area contributed by atoms with Crippen LogP contribution in [0.1, 0.15) is 22.8 Å². The van der Waals surface area contributed by atoms with Crippen LogP contribution in [0.25, 0.3) is 0 Å². The van der Waals surface area contributed by atoms with Crippen molar-refractivity contribution in [2.45, 2.75) is 13.0 Å². The maximum Gasteiger partial charge on any atom is 0.341 e. The van der Waals surface area contributed by atoms with Crippen molar-refractivity contribution in [2.24, 2.45) is 0 Å². The van der Waals surface area contributed by atoms with Crippen LogP contribution >= 0.6 is 0 Å². The van der Waals surface area contributed by atoms with E-state index in [0.717, 1.165) is 6.07 Å². The van der Waals surface area contributed by atoms with Gasteiger partial charge in [-0.3, -0.25) is 14.9 Å². The van der Waals surface area contributed by atoms with Crippen molar-refractivity contribution in [2.75, 3.05) is 17.7 Å². The molecule has 0 fully saturated rings. The Balaban J connectivity index is 2.15. The van der Waals surface area contributed by atoms with E-state index in [1.165, 1.54) is 25.1 Å². The molecule has 0 bridgehead atoms. The molecule has 9 nitrogen and oxygen atoms in total. The number of rotatable bonds is 6. The summed E-state index contributed by atoms with van der Waals surface area (Å²) in [4.78, 5) is 34.9. The van der Waals surface area contributed by atoms with Gasteiger partial charge >= 0.3 is 5.97 Å². The Morgan fingerprint density at radius 2 is 1.93 bits per heavy atom. The molecule has 0 aliphatic rings. The number of amides is 1. The molecule has 0 saturated carbocycles. The predicted octanol–water partition coefficient (Wildman–Crippen LogP) is 2.69. The highest BCUT2D eigenvalue weighted by atomic mass is 16.6. The average molecular weight is 368 g/mol. The maximum absolute atomic E-state index is 12.4. The van der Waals surface area contributed by atoms with Crippen LogP contribution in [0, 0.1) is 21.4 Å². The molecule has 1 atom stereocenters. The minimum atomic E-state index is -1.19. The highest BCUT2D eigenvalue weighted by molar-refractivity contribution is 6.00. The Hall–Kier alpha value is -3.93. The third-order valence-corrected chi connectivity index (χ3v) is 3.66. The fourth-order valence-electron chi connectivity index (χ4n) is 2.23. The number of ether oxygens (including phenoxy) is 1. The number of non-ortho nitro benzene ring substituents is 1. The molecule has 0 spiro atoms. The van der Waals surface area contributed by atoms with E-state index in [2.05, 4.69) is 10.6 Å². The molecule has 2 N–H and O–H groups in total. The van der Waals surface area contributed by atoms with Gasteiger partial charge in [-0.05, 0) is 25.1 Å². The Bertz CT molecular complexity index is 936. The number of hydrogen-bond donors (Lipinski definition) is 2. The number of esters is 1. The molecule has 2 aromatic rings. The minimum absolute atomic E-state index is 0.0659. The summed E-state index contributed by atoms with van der Waals surface area (Å²) in [6.07, 6.45) is -1.19. The molecular weight excluding hydrogens is 352 g/mol. The minimum Gasteiger partial charge on any atom is -0.449 e. The number of nitro groups is 1. The van der Waals surface area contributed by atoms with Gasteiger partial charge in [0.25, 0.3) is 11.6 Å². The number of anilines is 2. The number of carbonyl (C=O) groups excluding carboxylic acids is 2. The van der Waals surface area contributed by atoms with E-state index >= 15 is 0 Å². The first-order valence-electron chi connectivity index (χ1n) is 7.84. The summed E-state index contributed by atoms with van der Waals surface area (Å²) in [5.41, 5.74) is 0.539. The Morgan fingerprint density at radius 3 is 2.56 bits per heavy atom. The van der Waals surface area contributed by atoms with Crippen molar-refractivity contribution < 1.29 is 19.2 Å². The monoisotopic (exact) mass is 368 g/mol. The van der Waals surface area contributed by atoms with E-state index < -0.39 is 22.9 Å². The summed E-state index contributed by atoms with van der Waals surface area (Å²) in [5, 5.41) is 25.2. The summed E-state index contributed by atoms with van der Waals surface area (Å²) in [7, 11) is 1.55. The van der Waals surface area contributed by atoms with Crippen molar-refractivity contribution in [3.8, 4) is 6.07 Å². The van der Waals surface area contributed by atoms with Crippen molar-refractivity contribution in [3.05, 3.63) is 63.7 Å². The standard InChI is InChI=1S/C18H16N4O5/c1-11(17(23)21-15-6-4-3-5-12(15)10-19)27-18(24)14-9-13(22(25)26)7-8-16(14)20-2/h3-9,11,20H,1-2H3,(H,21,23)/t11-/m0/s1. The first-order valence-corrected chi connectivity index (χ1v) is 7.84. The zero-order valence-electron chi connectivity index (χ0n) is 14.6. The van der Waals surface area contributed by atoms with Gasteiger partial charge in [-0.25, -0.2) is 4.79 Å². The van der Waals surface area contributed by atoms with Crippen molar-refractivity contribution in [1.82, 2.24) is 0 Å². The van der Waals surface area contributed by atoms with E-state index in [0.29, 0.717) is 11.4 Å². The lowest BCUT2D eigenvalue weighted by Gasteiger charge is -2.15. The zero-order valence-corrected chi connectivity index (χ0v) is 14.6. The number of nitrogens with one attached hydrogen (secondary N) is 2. The first kappa shape index (κ1) is 19.4. The molecule has 0 aliphatic heterocycles. The lowest BCUT2D eigenvalue weighted by atomic mass is 10.1. The van der Waals surface area contributed by atoms with Crippen LogP contribution in [0.3, 0.4) is 0 Å². The van der Waals surface area contributed by atoms with Crippen LogP contribution < -0.4 is 10.6 Å². The van der Waals surface area contributed by atoms with Gasteiger partial charge < -0.3 is 15.4 Å². The number of carbonyl (C=O) groups is 2. The Labute approximate surface area is 154 Å². The summed E-state index contributed by atoms with van der Waals surface area (Å²) < 4.78 is 5.12. The van der Waals surface area contributed by atoms with Crippen molar-refractivity contribution in [3.63, 3.8) is 0 Å². The third-order valence-electron chi connectivity index (χ3n) is 3.66. The Kier molecular flexibility index (Phi) is 6.06. The molecule has 2 aromatic carbocycles. The molecule has 0 radical (unpaired) electrons. The SMILES string of the molecule is CNc1ccc([N+](=O)[O-])cc1C(=O)O[C@@H](C)C(=O)Nc1ccccc1C#N. The maximum atomic E-state index is 12.4. The molecule has 2 rings (SSSR count). The summed E-state index contributed by atoms with van der Waals surface area (Å²) >= 11 is 0. The van der Waals surface area contributed by atoms with Gasteiger partial charge in [-0.2, -0.15) is 5.26 Å².